The zero-order chi connectivity index (χ0) is 13.4. The second-order valence-corrected chi connectivity index (χ2v) is 6.21. The van der Waals surface area contributed by atoms with Crippen LogP contribution in [0, 0.1) is 6.92 Å². The molecule has 18 heavy (non-hydrogen) atoms. The van der Waals surface area contributed by atoms with Crippen LogP contribution in [0.2, 0.25) is 0 Å². The van der Waals surface area contributed by atoms with Crippen LogP contribution in [0.3, 0.4) is 0 Å². The van der Waals surface area contributed by atoms with Gasteiger partial charge in [-0.2, -0.15) is 0 Å². The first-order valence-electron chi connectivity index (χ1n) is 5.74. The van der Waals surface area contributed by atoms with Gasteiger partial charge in [0, 0.05) is 5.41 Å². The van der Waals surface area contributed by atoms with Crippen molar-refractivity contribution in [2.24, 2.45) is 0 Å². The molecule has 0 N–H and O–H groups in total. The largest absolute Gasteiger partial charge is 0.744 e. The number of rotatable bonds is 2. The molecule has 1 aliphatic rings. The van der Waals surface area contributed by atoms with E-state index in [9.17, 15) is 13.0 Å². The van der Waals surface area contributed by atoms with Gasteiger partial charge in [0.05, 0.1) is 4.91 Å². The molecular formula is C14H15O3S-. The summed E-state index contributed by atoms with van der Waals surface area (Å²) in [5, 5.41) is 0. The van der Waals surface area contributed by atoms with Gasteiger partial charge in [0.1, 0.15) is 10.1 Å². The molecule has 0 saturated heterocycles. The SMILES string of the molecule is Cc1ccccc1C1(C)C=CC(S(=O)(=O)[O-])=CC1. The lowest BCUT2D eigenvalue weighted by Gasteiger charge is -2.30. The van der Waals surface area contributed by atoms with Gasteiger partial charge in [0.2, 0.25) is 0 Å². The molecule has 96 valence electrons. The molecule has 3 nitrogen and oxygen atoms in total. The van der Waals surface area contributed by atoms with E-state index < -0.39 is 10.1 Å². The van der Waals surface area contributed by atoms with E-state index in [1.807, 2.05) is 38.1 Å². The van der Waals surface area contributed by atoms with Crippen LogP contribution in [0.4, 0.5) is 0 Å². The maximum atomic E-state index is 10.9. The number of allylic oxidation sites excluding steroid dienone is 3. The van der Waals surface area contributed by atoms with E-state index in [4.69, 9.17) is 0 Å². The number of benzene rings is 1. The first kappa shape index (κ1) is 13.1. The predicted octanol–water partition coefficient (Wildman–Crippen LogP) is 2.64. The number of hydrogen-bond donors (Lipinski definition) is 0. The molecule has 1 atom stereocenters. The molecule has 0 aromatic heterocycles. The summed E-state index contributed by atoms with van der Waals surface area (Å²) in [5.74, 6) is 0. The fourth-order valence-corrected chi connectivity index (χ4v) is 2.84. The van der Waals surface area contributed by atoms with Crippen molar-refractivity contribution in [3.05, 3.63) is 58.5 Å². The summed E-state index contributed by atoms with van der Waals surface area (Å²) < 4.78 is 32.8. The lowest BCUT2D eigenvalue weighted by Crippen LogP contribution is -2.22. The Labute approximate surface area is 108 Å². The quantitative estimate of drug-likeness (QED) is 0.771. The summed E-state index contributed by atoms with van der Waals surface area (Å²) in [6.07, 6.45) is 5.25. The normalized spacial score (nSPS) is 23.8. The van der Waals surface area contributed by atoms with Gasteiger partial charge in [0.15, 0.2) is 0 Å². The topological polar surface area (TPSA) is 57.2 Å². The minimum atomic E-state index is -4.34. The van der Waals surface area contributed by atoms with Gasteiger partial charge in [-0.15, -0.1) is 0 Å². The van der Waals surface area contributed by atoms with Crippen molar-refractivity contribution in [1.82, 2.24) is 0 Å². The molecule has 0 bridgehead atoms. The molecule has 1 unspecified atom stereocenters. The third kappa shape index (κ3) is 2.40. The fourth-order valence-electron chi connectivity index (χ4n) is 2.31. The maximum absolute atomic E-state index is 10.9. The smallest absolute Gasteiger partial charge is 0.124 e. The zero-order valence-electron chi connectivity index (χ0n) is 10.4. The van der Waals surface area contributed by atoms with Gasteiger partial charge in [-0.1, -0.05) is 43.3 Å². The highest BCUT2D eigenvalue weighted by molar-refractivity contribution is 7.89. The maximum Gasteiger partial charge on any atom is 0.124 e. The van der Waals surface area contributed by atoms with Crippen molar-refractivity contribution < 1.29 is 13.0 Å². The van der Waals surface area contributed by atoms with E-state index in [1.54, 1.807) is 6.08 Å². The Morgan fingerprint density at radius 2 is 1.94 bits per heavy atom. The number of hydrogen-bond acceptors (Lipinski definition) is 3. The molecule has 0 fully saturated rings. The van der Waals surface area contributed by atoms with Crippen LogP contribution in [0.15, 0.2) is 47.4 Å². The summed E-state index contributed by atoms with van der Waals surface area (Å²) in [7, 11) is -4.34. The Kier molecular flexibility index (Phi) is 3.17. The fraction of sp³-hybridized carbons (Fsp3) is 0.286. The molecular weight excluding hydrogens is 248 g/mol. The lowest BCUT2D eigenvalue weighted by molar-refractivity contribution is 0.470. The van der Waals surface area contributed by atoms with Crippen LogP contribution in [-0.4, -0.2) is 13.0 Å². The summed E-state index contributed by atoms with van der Waals surface area (Å²) in [6.45, 7) is 4.06. The molecule has 1 aromatic rings. The van der Waals surface area contributed by atoms with E-state index in [0.29, 0.717) is 6.42 Å². The Hall–Kier alpha value is -1.39. The minimum absolute atomic E-state index is 0.131. The van der Waals surface area contributed by atoms with Crippen LogP contribution < -0.4 is 0 Å². The highest BCUT2D eigenvalue weighted by atomic mass is 32.2. The van der Waals surface area contributed by atoms with Crippen LogP contribution >= 0.6 is 0 Å². The molecule has 1 aliphatic carbocycles. The average molecular weight is 263 g/mol. The third-order valence-electron chi connectivity index (χ3n) is 3.39. The molecule has 4 heteroatoms. The standard InChI is InChI=1S/C14H16O3S/c1-11-5-3-4-6-13(11)14(2)9-7-12(8-10-14)18(15,16)17/h3-9H,10H2,1-2H3,(H,15,16,17)/p-1. The third-order valence-corrected chi connectivity index (χ3v) is 4.27. The van der Waals surface area contributed by atoms with Crippen molar-refractivity contribution in [3.63, 3.8) is 0 Å². The van der Waals surface area contributed by atoms with Gasteiger partial charge in [0.25, 0.3) is 0 Å². The van der Waals surface area contributed by atoms with E-state index in [2.05, 4.69) is 0 Å². The van der Waals surface area contributed by atoms with Crippen molar-refractivity contribution in [3.8, 4) is 0 Å². The van der Waals surface area contributed by atoms with Crippen LogP contribution in [0.1, 0.15) is 24.5 Å². The molecule has 0 aliphatic heterocycles. The Morgan fingerprint density at radius 1 is 1.28 bits per heavy atom. The van der Waals surface area contributed by atoms with Crippen LogP contribution in [-0.2, 0) is 15.5 Å². The van der Waals surface area contributed by atoms with Crippen molar-refractivity contribution in [2.75, 3.05) is 0 Å². The van der Waals surface area contributed by atoms with Crippen molar-refractivity contribution in [1.29, 1.82) is 0 Å². The summed E-state index contributed by atoms with van der Waals surface area (Å²) in [5.41, 5.74) is 2.06. The van der Waals surface area contributed by atoms with Crippen LogP contribution in [0.5, 0.6) is 0 Å². The van der Waals surface area contributed by atoms with Gasteiger partial charge >= 0.3 is 0 Å². The number of aryl methyl sites for hydroxylation is 1. The Morgan fingerprint density at radius 3 is 2.44 bits per heavy atom. The highest BCUT2D eigenvalue weighted by Crippen LogP contribution is 2.36. The molecule has 0 amide bonds. The molecule has 1 aromatic carbocycles. The van der Waals surface area contributed by atoms with Gasteiger partial charge in [-0.25, -0.2) is 8.42 Å². The summed E-state index contributed by atoms with van der Waals surface area (Å²) >= 11 is 0. The van der Waals surface area contributed by atoms with E-state index >= 15 is 0 Å². The van der Waals surface area contributed by atoms with Crippen molar-refractivity contribution >= 4 is 10.1 Å². The molecule has 2 rings (SSSR count). The molecule has 0 spiro atoms. The molecule has 0 radical (unpaired) electrons. The summed E-state index contributed by atoms with van der Waals surface area (Å²) in [6, 6.07) is 7.99. The minimum Gasteiger partial charge on any atom is -0.744 e. The van der Waals surface area contributed by atoms with Gasteiger partial charge < -0.3 is 4.55 Å². The predicted molar refractivity (Wildman–Crippen MR) is 70.1 cm³/mol. The average Bonchev–Trinajstić information content (AvgIpc) is 2.28. The van der Waals surface area contributed by atoms with E-state index in [0.717, 1.165) is 11.1 Å². The second kappa shape index (κ2) is 4.37. The highest BCUT2D eigenvalue weighted by Gasteiger charge is 2.27. The first-order valence-corrected chi connectivity index (χ1v) is 7.15. The lowest BCUT2D eigenvalue weighted by atomic mass is 9.75. The first-order chi connectivity index (χ1) is 8.33. The monoisotopic (exact) mass is 263 g/mol. The van der Waals surface area contributed by atoms with E-state index in [1.165, 1.54) is 12.2 Å². The second-order valence-electron chi connectivity index (χ2n) is 4.83. The van der Waals surface area contributed by atoms with Gasteiger partial charge in [-0.05, 0) is 30.5 Å². The van der Waals surface area contributed by atoms with Gasteiger partial charge in [-0.3, -0.25) is 0 Å². The van der Waals surface area contributed by atoms with Crippen LogP contribution in [0.25, 0.3) is 0 Å². The zero-order valence-corrected chi connectivity index (χ0v) is 11.2. The van der Waals surface area contributed by atoms with E-state index in [-0.39, 0.29) is 10.3 Å². The Bertz CT molecular complexity index is 626. The Balaban J connectivity index is 2.38. The summed E-state index contributed by atoms with van der Waals surface area (Å²) in [4.78, 5) is -0.131. The molecule has 0 saturated carbocycles. The molecule has 0 heterocycles. The van der Waals surface area contributed by atoms with Crippen molar-refractivity contribution in [2.45, 2.75) is 25.7 Å².